The van der Waals surface area contributed by atoms with Crippen LogP contribution in [0.25, 0.3) is 0 Å². The van der Waals surface area contributed by atoms with Crippen LogP contribution >= 0.6 is 0 Å². The first-order valence-corrected chi connectivity index (χ1v) is 4.57. The number of aliphatic carboxylic acids is 1. The van der Waals surface area contributed by atoms with E-state index in [0.717, 1.165) is 12.1 Å². The number of alkyl halides is 3. The average molecular weight is 232 g/mol. The molecule has 2 nitrogen and oxygen atoms in total. The molecule has 0 bridgehead atoms. The number of hydrogen-bond donors (Lipinski definition) is 1. The van der Waals surface area contributed by atoms with Gasteiger partial charge in [0.25, 0.3) is 0 Å². The fourth-order valence-corrected chi connectivity index (χ4v) is 1.20. The summed E-state index contributed by atoms with van der Waals surface area (Å²) < 4.78 is 36.8. The minimum Gasteiger partial charge on any atom is -0.481 e. The zero-order valence-corrected chi connectivity index (χ0v) is 8.80. The van der Waals surface area contributed by atoms with Crippen molar-refractivity contribution in [3.8, 4) is 0 Å². The predicted molar refractivity (Wildman–Crippen MR) is 52.1 cm³/mol. The Bertz CT molecular complexity index is 391. The SMILES string of the molecule is CC(C)(C(=O)O)c1ccc(C(F)(F)F)cc1. The zero-order chi connectivity index (χ0) is 12.6. The van der Waals surface area contributed by atoms with Crippen molar-refractivity contribution in [1.82, 2.24) is 0 Å². The first kappa shape index (κ1) is 12.5. The number of halogens is 3. The van der Waals surface area contributed by atoms with Crippen molar-refractivity contribution in [2.45, 2.75) is 25.4 Å². The van der Waals surface area contributed by atoms with E-state index in [4.69, 9.17) is 5.11 Å². The average Bonchev–Trinajstić information content (AvgIpc) is 2.16. The quantitative estimate of drug-likeness (QED) is 0.850. The lowest BCUT2D eigenvalue weighted by Gasteiger charge is -2.20. The predicted octanol–water partition coefficient (Wildman–Crippen LogP) is 3.07. The normalized spacial score (nSPS) is 12.6. The highest BCUT2D eigenvalue weighted by Crippen LogP contribution is 2.31. The van der Waals surface area contributed by atoms with Crippen LogP contribution in [0.3, 0.4) is 0 Å². The summed E-state index contributed by atoms with van der Waals surface area (Å²) >= 11 is 0. The van der Waals surface area contributed by atoms with E-state index in [1.807, 2.05) is 0 Å². The molecule has 0 heterocycles. The summed E-state index contributed by atoms with van der Waals surface area (Å²) in [6.45, 7) is 2.88. The highest BCUT2D eigenvalue weighted by Gasteiger charge is 2.33. The molecule has 0 atom stereocenters. The molecular weight excluding hydrogens is 221 g/mol. The lowest BCUT2D eigenvalue weighted by atomic mass is 9.84. The molecule has 1 rings (SSSR count). The lowest BCUT2D eigenvalue weighted by molar-refractivity contribution is -0.142. The van der Waals surface area contributed by atoms with Gasteiger partial charge in [0, 0.05) is 0 Å². The van der Waals surface area contributed by atoms with Crippen molar-refractivity contribution in [3.05, 3.63) is 35.4 Å². The van der Waals surface area contributed by atoms with E-state index in [1.54, 1.807) is 0 Å². The van der Waals surface area contributed by atoms with Crippen molar-refractivity contribution in [2.75, 3.05) is 0 Å². The largest absolute Gasteiger partial charge is 0.481 e. The maximum atomic E-state index is 12.3. The van der Waals surface area contributed by atoms with Crippen LogP contribution in [0.1, 0.15) is 25.0 Å². The molecule has 0 spiro atoms. The highest BCUT2D eigenvalue weighted by molar-refractivity contribution is 5.80. The lowest BCUT2D eigenvalue weighted by Crippen LogP contribution is -2.28. The third-order valence-corrected chi connectivity index (χ3v) is 2.47. The number of carbonyl (C=O) groups is 1. The molecule has 88 valence electrons. The number of benzene rings is 1. The van der Waals surface area contributed by atoms with Crippen LogP contribution in [-0.4, -0.2) is 11.1 Å². The Hall–Kier alpha value is -1.52. The standard InChI is InChI=1S/C11H11F3O2/c1-10(2,9(15)16)7-3-5-8(6-4-7)11(12,13)14/h3-6H,1-2H3,(H,15,16). The minimum atomic E-state index is -4.40. The molecule has 16 heavy (non-hydrogen) atoms. The summed E-state index contributed by atoms with van der Waals surface area (Å²) in [7, 11) is 0. The van der Waals surface area contributed by atoms with Gasteiger partial charge in [-0.3, -0.25) is 4.79 Å². The fourth-order valence-electron chi connectivity index (χ4n) is 1.20. The Labute approximate surface area is 90.7 Å². The Morgan fingerprint density at radius 3 is 1.75 bits per heavy atom. The number of carboxylic acid groups (broad SMARTS) is 1. The van der Waals surface area contributed by atoms with Crippen molar-refractivity contribution in [3.63, 3.8) is 0 Å². The van der Waals surface area contributed by atoms with Crippen molar-refractivity contribution < 1.29 is 23.1 Å². The van der Waals surface area contributed by atoms with Gasteiger partial charge in [0.15, 0.2) is 0 Å². The second kappa shape index (κ2) is 3.81. The third kappa shape index (κ3) is 2.35. The summed E-state index contributed by atoms with van der Waals surface area (Å²) in [5.74, 6) is -1.08. The van der Waals surface area contributed by atoms with Gasteiger partial charge in [-0.05, 0) is 31.5 Å². The number of carboxylic acids is 1. The van der Waals surface area contributed by atoms with Crippen LogP contribution in [0.2, 0.25) is 0 Å². The van der Waals surface area contributed by atoms with Gasteiger partial charge in [-0.2, -0.15) is 13.2 Å². The van der Waals surface area contributed by atoms with Crippen LogP contribution in [0.15, 0.2) is 24.3 Å². The van der Waals surface area contributed by atoms with E-state index in [0.29, 0.717) is 5.56 Å². The van der Waals surface area contributed by atoms with E-state index in [-0.39, 0.29) is 0 Å². The second-order valence-corrected chi connectivity index (χ2v) is 4.01. The van der Waals surface area contributed by atoms with Gasteiger partial charge in [0.2, 0.25) is 0 Å². The number of hydrogen-bond acceptors (Lipinski definition) is 1. The molecule has 0 aliphatic carbocycles. The number of rotatable bonds is 2. The maximum Gasteiger partial charge on any atom is 0.416 e. The molecule has 0 amide bonds. The molecule has 0 fully saturated rings. The summed E-state index contributed by atoms with van der Waals surface area (Å²) in [5.41, 5.74) is -1.63. The zero-order valence-electron chi connectivity index (χ0n) is 8.80. The first-order valence-electron chi connectivity index (χ1n) is 4.57. The molecule has 0 unspecified atom stereocenters. The monoisotopic (exact) mass is 232 g/mol. The third-order valence-electron chi connectivity index (χ3n) is 2.47. The fraction of sp³-hybridized carbons (Fsp3) is 0.364. The van der Waals surface area contributed by atoms with E-state index >= 15 is 0 Å². The van der Waals surface area contributed by atoms with Crippen LogP contribution in [0, 0.1) is 0 Å². The van der Waals surface area contributed by atoms with Gasteiger partial charge in [-0.1, -0.05) is 12.1 Å². The molecule has 1 N–H and O–H groups in total. The van der Waals surface area contributed by atoms with Gasteiger partial charge < -0.3 is 5.11 Å². The second-order valence-electron chi connectivity index (χ2n) is 4.01. The van der Waals surface area contributed by atoms with Crippen LogP contribution in [0.4, 0.5) is 13.2 Å². The van der Waals surface area contributed by atoms with Crippen LogP contribution in [0.5, 0.6) is 0 Å². The molecule has 0 aromatic heterocycles. The molecule has 0 aliphatic heterocycles. The summed E-state index contributed by atoms with van der Waals surface area (Å²) in [6.07, 6.45) is -4.40. The minimum absolute atomic E-state index is 0.341. The van der Waals surface area contributed by atoms with Gasteiger partial charge in [0.1, 0.15) is 0 Å². The Balaban J connectivity index is 3.09. The van der Waals surface area contributed by atoms with Gasteiger partial charge in [-0.15, -0.1) is 0 Å². The molecule has 1 aromatic rings. The van der Waals surface area contributed by atoms with E-state index in [2.05, 4.69) is 0 Å². The maximum absolute atomic E-state index is 12.3. The van der Waals surface area contributed by atoms with E-state index < -0.39 is 23.1 Å². The first-order chi connectivity index (χ1) is 7.15. The van der Waals surface area contributed by atoms with E-state index in [9.17, 15) is 18.0 Å². The summed E-state index contributed by atoms with van der Waals surface area (Å²) in [5, 5.41) is 8.90. The van der Waals surface area contributed by atoms with Crippen molar-refractivity contribution in [1.29, 1.82) is 0 Å². The Morgan fingerprint density at radius 2 is 1.44 bits per heavy atom. The summed E-state index contributed by atoms with van der Waals surface area (Å²) in [4.78, 5) is 10.9. The summed E-state index contributed by atoms with van der Waals surface area (Å²) in [6, 6.07) is 4.16. The molecular formula is C11H11F3O2. The molecule has 0 saturated heterocycles. The Kier molecular flexibility index (Phi) is 2.99. The molecule has 5 heteroatoms. The molecule has 0 aliphatic rings. The van der Waals surface area contributed by atoms with Gasteiger partial charge >= 0.3 is 12.1 Å². The van der Waals surface area contributed by atoms with Gasteiger partial charge in [0.05, 0.1) is 11.0 Å². The van der Waals surface area contributed by atoms with Crippen LogP contribution < -0.4 is 0 Å². The van der Waals surface area contributed by atoms with Gasteiger partial charge in [-0.25, -0.2) is 0 Å². The smallest absolute Gasteiger partial charge is 0.416 e. The highest BCUT2D eigenvalue weighted by atomic mass is 19.4. The molecule has 0 radical (unpaired) electrons. The van der Waals surface area contributed by atoms with Crippen molar-refractivity contribution in [2.24, 2.45) is 0 Å². The van der Waals surface area contributed by atoms with Crippen molar-refractivity contribution >= 4 is 5.97 Å². The molecule has 1 aromatic carbocycles. The van der Waals surface area contributed by atoms with E-state index in [1.165, 1.54) is 26.0 Å². The Morgan fingerprint density at radius 1 is 1.06 bits per heavy atom. The molecule has 0 saturated carbocycles. The topological polar surface area (TPSA) is 37.3 Å². The van der Waals surface area contributed by atoms with Crippen LogP contribution in [-0.2, 0) is 16.4 Å².